The minimum atomic E-state index is -1.13. The van der Waals surface area contributed by atoms with E-state index in [0.29, 0.717) is 10.7 Å². The zero-order chi connectivity index (χ0) is 11.5. The highest BCUT2D eigenvalue weighted by molar-refractivity contribution is 7.98. The van der Waals surface area contributed by atoms with Gasteiger partial charge in [0.25, 0.3) is 0 Å². The lowest BCUT2D eigenvalue weighted by atomic mass is 10.3. The summed E-state index contributed by atoms with van der Waals surface area (Å²) >= 11 is 1.42. The van der Waals surface area contributed by atoms with Crippen molar-refractivity contribution in [2.45, 2.75) is 5.16 Å². The molecule has 82 valence electrons. The van der Waals surface area contributed by atoms with Crippen LogP contribution < -0.4 is 0 Å². The average molecular weight is 237 g/mol. The number of aromatic carboxylic acids is 1. The third-order valence-corrected chi connectivity index (χ3v) is 2.36. The lowest BCUT2D eigenvalue weighted by Crippen LogP contribution is -1.95. The molecule has 6 nitrogen and oxygen atoms in total. The van der Waals surface area contributed by atoms with Crippen LogP contribution in [0.2, 0.25) is 0 Å². The second-order valence-electron chi connectivity index (χ2n) is 2.80. The molecular weight excluding hydrogens is 230 g/mol. The second-order valence-corrected chi connectivity index (χ2v) is 3.57. The van der Waals surface area contributed by atoms with Crippen LogP contribution in [0.15, 0.2) is 28.2 Å². The lowest BCUT2D eigenvalue weighted by molar-refractivity contribution is 0.0690. The van der Waals surface area contributed by atoms with Crippen molar-refractivity contribution in [3.8, 4) is 11.5 Å². The fourth-order valence-corrected chi connectivity index (χ4v) is 1.35. The van der Waals surface area contributed by atoms with Gasteiger partial charge in [0, 0.05) is 12.4 Å². The third kappa shape index (κ3) is 2.03. The first-order valence-corrected chi connectivity index (χ1v) is 5.48. The van der Waals surface area contributed by atoms with Gasteiger partial charge in [-0.25, -0.2) is 19.7 Å². The molecule has 16 heavy (non-hydrogen) atoms. The Labute approximate surface area is 94.8 Å². The topological polar surface area (TPSA) is 89.1 Å². The lowest BCUT2D eigenvalue weighted by Gasteiger charge is -1.95. The van der Waals surface area contributed by atoms with E-state index in [1.54, 1.807) is 0 Å². The van der Waals surface area contributed by atoms with Crippen LogP contribution in [0.25, 0.3) is 11.5 Å². The number of hydrogen-bond donors (Lipinski definition) is 1. The van der Waals surface area contributed by atoms with Crippen LogP contribution in [0.1, 0.15) is 10.5 Å². The predicted octanol–water partition coefficient (Wildman–Crippen LogP) is 1.55. The number of thioether (sulfide) groups is 1. The monoisotopic (exact) mass is 237 g/mol. The molecule has 1 N–H and O–H groups in total. The minimum absolute atomic E-state index is 0.135. The summed E-state index contributed by atoms with van der Waals surface area (Å²) in [6, 6.07) is 0. The van der Waals surface area contributed by atoms with E-state index in [0.717, 1.165) is 6.26 Å². The maximum Gasteiger partial charge on any atom is 0.357 e. The van der Waals surface area contributed by atoms with Gasteiger partial charge in [-0.15, -0.1) is 0 Å². The summed E-state index contributed by atoms with van der Waals surface area (Å²) in [6.07, 6.45) is 6.02. The fraction of sp³-hybridized carbons (Fsp3) is 0.111. The first-order chi connectivity index (χ1) is 7.70. The normalized spacial score (nSPS) is 10.3. The van der Waals surface area contributed by atoms with Crippen molar-refractivity contribution in [3.05, 3.63) is 24.4 Å². The van der Waals surface area contributed by atoms with E-state index >= 15 is 0 Å². The molecule has 0 amide bonds. The summed E-state index contributed by atoms with van der Waals surface area (Å²) in [5.41, 5.74) is 0.411. The van der Waals surface area contributed by atoms with Crippen LogP contribution in [-0.4, -0.2) is 32.3 Å². The van der Waals surface area contributed by atoms with Gasteiger partial charge >= 0.3 is 5.97 Å². The van der Waals surface area contributed by atoms with Crippen molar-refractivity contribution in [3.63, 3.8) is 0 Å². The molecule has 7 heteroatoms. The maximum absolute atomic E-state index is 10.6. The van der Waals surface area contributed by atoms with Gasteiger partial charge in [0.2, 0.25) is 5.89 Å². The number of nitrogens with zero attached hydrogens (tertiary/aromatic N) is 3. The molecule has 0 atom stereocenters. The Morgan fingerprint density at radius 1 is 1.44 bits per heavy atom. The molecule has 0 unspecified atom stereocenters. The number of rotatable bonds is 3. The van der Waals surface area contributed by atoms with Gasteiger partial charge < -0.3 is 9.52 Å². The van der Waals surface area contributed by atoms with Crippen LogP contribution >= 0.6 is 11.8 Å². The molecule has 2 rings (SSSR count). The van der Waals surface area contributed by atoms with E-state index in [-0.39, 0.29) is 11.6 Å². The quantitative estimate of drug-likeness (QED) is 0.639. The van der Waals surface area contributed by atoms with Crippen molar-refractivity contribution in [2.24, 2.45) is 0 Å². The molecule has 2 heterocycles. The molecular formula is C9H7N3O3S. The van der Waals surface area contributed by atoms with Gasteiger partial charge in [-0.1, -0.05) is 11.8 Å². The largest absolute Gasteiger partial charge is 0.476 e. The van der Waals surface area contributed by atoms with Crippen molar-refractivity contribution in [1.29, 1.82) is 0 Å². The molecule has 0 fully saturated rings. The van der Waals surface area contributed by atoms with Crippen molar-refractivity contribution in [2.75, 3.05) is 6.26 Å². The Balaban J connectivity index is 2.31. The Kier molecular flexibility index (Phi) is 2.86. The van der Waals surface area contributed by atoms with Crippen LogP contribution in [0, 0.1) is 0 Å². The van der Waals surface area contributed by atoms with Crippen molar-refractivity contribution >= 4 is 17.7 Å². The molecule has 0 aliphatic carbocycles. The molecule has 0 bridgehead atoms. The smallest absolute Gasteiger partial charge is 0.357 e. The standard InChI is InChI=1S/C9H7N3O3S/c1-16-9-10-2-5(3-11-9)7-12-6(4-15-7)8(13)14/h2-4H,1H3,(H,13,14). The molecule has 0 aliphatic heterocycles. The molecule has 0 saturated heterocycles. The molecule has 0 saturated carbocycles. The fourth-order valence-electron chi connectivity index (χ4n) is 1.04. The van der Waals surface area contributed by atoms with Gasteiger partial charge in [-0.3, -0.25) is 0 Å². The number of hydrogen-bond acceptors (Lipinski definition) is 6. The Bertz CT molecular complexity index is 509. The number of aromatic nitrogens is 3. The molecule has 0 spiro atoms. The number of carboxylic acid groups (broad SMARTS) is 1. The van der Waals surface area contributed by atoms with Crippen LogP contribution in [0.5, 0.6) is 0 Å². The van der Waals surface area contributed by atoms with E-state index in [1.807, 2.05) is 6.26 Å². The highest BCUT2D eigenvalue weighted by Crippen LogP contribution is 2.18. The van der Waals surface area contributed by atoms with E-state index < -0.39 is 5.97 Å². The molecule has 0 radical (unpaired) electrons. The molecule has 0 aliphatic rings. The van der Waals surface area contributed by atoms with Crippen molar-refractivity contribution < 1.29 is 14.3 Å². The number of carboxylic acids is 1. The highest BCUT2D eigenvalue weighted by Gasteiger charge is 2.12. The summed E-state index contributed by atoms with van der Waals surface area (Å²) in [5.74, 6) is -0.929. The molecule has 0 aromatic carbocycles. The Hall–Kier alpha value is -1.89. The van der Waals surface area contributed by atoms with E-state index in [4.69, 9.17) is 9.52 Å². The van der Waals surface area contributed by atoms with Gasteiger partial charge in [0.05, 0.1) is 5.56 Å². The van der Waals surface area contributed by atoms with Gasteiger partial charge in [0.15, 0.2) is 10.9 Å². The van der Waals surface area contributed by atoms with Gasteiger partial charge in [-0.2, -0.15) is 0 Å². The summed E-state index contributed by atoms with van der Waals surface area (Å²) in [6.45, 7) is 0. The third-order valence-electron chi connectivity index (χ3n) is 1.78. The summed E-state index contributed by atoms with van der Waals surface area (Å²) in [5, 5.41) is 9.30. The van der Waals surface area contributed by atoms with Crippen molar-refractivity contribution in [1.82, 2.24) is 15.0 Å². The minimum Gasteiger partial charge on any atom is -0.476 e. The van der Waals surface area contributed by atoms with Gasteiger partial charge in [0.1, 0.15) is 6.26 Å². The van der Waals surface area contributed by atoms with Crippen LogP contribution in [0.3, 0.4) is 0 Å². The van der Waals surface area contributed by atoms with Crippen LogP contribution in [0.4, 0.5) is 0 Å². The first-order valence-electron chi connectivity index (χ1n) is 4.26. The summed E-state index contributed by atoms with van der Waals surface area (Å²) < 4.78 is 5.01. The average Bonchev–Trinajstić information content (AvgIpc) is 2.78. The van der Waals surface area contributed by atoms with E-state index in [2.05, 4.69) is 15.0 Å². The number of oxazole rings is 1. The zero-order valence-electron chi connectivity index (χ0n) is 8.25. The molecule has 2 aromatic heterocycles. The molecule has 2 aromatic rings. The Morgan fingerprint density at radius 2 is 2.12 bits per heavy atom. The SMILES string of the molecule is CSc1ncc(-c2nc(C(=O)O)co2)cn1. The summed E-state index contributed by atoms with van der Waals surface area (Å²) in [4.78, 5) is 22.4. The summed E-state index contributed by atoms with van der Waals surface area (Å²) in [7, 11) is 0. The van der Waals surface area contributed by atoms with Gasteiger partial charge in [-0.05, 0) is 6.26 Å². The van der Waals surface area contributed by atoms with E-state index in [9.17, 15) is 4.79 Å². The maximum atomic E-state index is 10.6. The zero-order valence-corrected chi connectivity index (χ0v) is 9.06. The second kappa shape index (κ2) is 4.31. The number of carbonyl (C=O) groups is 1. The highest BCUT2D eigenvalue weighted by atomic mass is 32.2. The first kappa shape index (κ1) is 10.6. The van der Waals surface area contributed by atoms with E-state index in [1.165, 1.54) is 24.2 Å². The van der Waals surface area contributed by atoms with Crippen LogP contribution in [-0.2, 0) is 0 Å². The predicted molar refractivity (Wildman–Crippen MR) is 56.3 cm³/mol. The Morgan fingerprint density at radius 3 is 2.62 bits per heavy atom.